The topological polar surface area (TPSA) is 114 Å². The Bertz CT molecular complexity index is 1570. The molecule has 33 heavy (non-hydrogen) atoms. The lowest BCUT2D eigenvalue weighted by atomic mass is 10.1. The highest BCUT2D eigenvalue weighted by atomic mass is 16.7. The van der Waals surface area contributed by atoms with Gasteiger partial charge in [-0.3, -0.25) is 10.1 Å². The van der Waals surface area contributed by atoms with Crippen LogP contribution in [0.25, 0.3) is 50.3 Å². The van der Waals surface area contributed by atoms with E-state index in [0.29, 0.717) is 11.5 Å². The van der Waals surface area contributed by atoms with Crippen molar-refractivity contribution >= 4 is 27.6 Å². The molecular weight excluding hydrogens is 418 g/mol. The number of ether oxygens (including phenoxy) is 2. The number of hydrogen-bond acceptors (Lipinski definition) is 7. The molecule has 0 unspecified atom stereocenters. The maximum absolute atomic E-state index is 5.54. The van der Waals surface area contributed by atoms with Crippen molar-refractivity contribution in [3.8, 4) is 34.1 Å². The highest BCUT2D eigenvalue weighted by Gasteiger charge is 2.19. The van der Waals surface area contributed by atoms with Crippen LogP contribution in [0.2, 0.25) is 0 Å². The normalized spacial score (nSPS) is 15.3. The van der Waals surface area contributed by atoms with Gasteiger partial charge in [0, 0.05) is 18.3 Å². The first kappa shape index (κ1) is 18.3. The second kappa shape index (κ2) is 7.14. The molecule has 0 atom stereocenters. The van der Waals surface area contributed by atoms with E-state index in [-0.39, 0.29) is 6.79 Å². The highest BCUT2D eigenvalue weighted by Crippen LogP contribution is 2.38. The van der Waals surface area contributed by atoms with Crippen molar-refractivity contribution in [2.75, 3.05) is 19.9 Å². The summed E-state index contributed by atoms with van der Waals surface area (Å²) in [6.07, 6.45) is 6.74. The van der Waals surface area contributed by atoms with Crippen LogP contribution < -0.4 is 14.8 Å². The fraction of sp³-hybridized carbons (Fsp3) is 0.167. The number of pyridine rings is 2. The van der Waals surface area contributed by atoms with E-state index < -0.39 is 0 Å². The van der Waals surface area contributed by atoms with Gasteiger partial charge in [0.2, 0.25) is 6.79 Å². The lowest BCUT2D eigenvalue weighted by molar-refractivity contribution is 0.174. The number of H-pyrrole nitrogens is 2. The molecule has 0 amide bonds. The number of fused-ring (bicyclic) bond motifs is 3. The molecule has 4 aromatic heterocycles. The lowest BCUT2D eigenvalue weighted by Crippen LogP contribution is -2.20. The molecule has 0 aliphatic carbocycles. The van der Waals surface area contributed by atoms with Gasteiger partial charge in [0.05, 0.1) is 28.4 Å². The van der Waals surface area contributed by atoms with E-state index >= 15 is 0 Å². The van der Waals surface area contributed by atoms with Gasteiger partial charge in [-0.1, -0.05) is 12.1 Å². The molecule has 0 radical (unpaired) electrons. The smallest absolute Gasteiger partial charge is 0.231 e. The summed E-state index contributed by atoms with van der Waals surface area (Å²) < 4.78 is 11.0. The number of hydrogen-bond donors (Lipinski definition) is 3. The first-order valence-corrected chi connectivity index (χ1v) is 10.8. The molecule has 0 fully saturated rings. The van der Waals surface area contributed by atoms with Gasteiger partial charge in [-0.2, -0.15) is 5.10 Å². The van der Waals surface area contributed by atoms with E-state index in [4.69, 9.17) is 19.4 Å². The Morgan fingerprint density at radius 1 is 0.909 bits per heavy atom. The molecule has 7 rings (SSSR count). The van der Waals surface area contributed by atoms with Crippen molar-refractivity contribution < 1.29 is 9.47 Å². The maximum atomic E-state index is 5.54. The Hall–Kier alpha value is -4.24. The van der Waals surface area contributed by atoms with Crippen molar-refractivity contribution in [2.45, 2.75) is 6.42 Å². The molecule has 0 saturated carbocycles. The summed E-state index contributed by atoms with van der Waals surface area (Å²) in [6, 6.07) is 9.92. The number of nitrogens with zero attached hydrogens (tertiary/aromatic N) is 4. The molecule has 3 N–H and O–H groups in total. The van der Waals surface area contributed by atoms with Crippen LogP contribution in [-0.4, -0.2) is 50.0 Å². The van der Waals surface area contributed by atoms with E-state index in [0.717, 1.165) is 69.9 Å². The van der Waals surface area contributed by atoms with Crippen molar-refractivity contribution in [3.05, 3.63) is 54.5 Å². The summed E-state index contributed by atoms with van der Waals surface area (Å²) in [5.74, 6) is 2.12. The van der Waals surface area contributed by atoms with Gasteiger partial charge >= 0.3 is 0 Å². The van der Waals surface area contributed by atoms with E-state index in [2.05, 4.69) is 31.6 Å². The average molecular weight is 437 g/mol. The van der Waals surface area contributed by atoms with E-state index in [1.807, 2.05) is 36.5 Å². The SMILES string of the molecule is C1=C(c2ccc3[nH]nc(-c4nc5c(-c6ccc7c(c6)OCO7)cncc5[nH]4)c3n2)CCNC1. The summed E-state index contributed by atoms with van der Waals surface area (Å²) in [7, 11) is 0. The third-order valence-corrected chi connectivity index (χ3v) is 6.10. The van der Waals surface area contributed by atoms with Crippen molar-refractivity contribution in [1.29, 1.82) is 0 Å². The van der Waals surface area contributed by atoms with Gasteiger partial charge in [0.1, 0.15) is 5.52 Å². The van der Waals surface area contributed by atoms with Crippen molar-refractivity contribution in [1.82, 2.24) is 35.5 Å². The van der Waals surface area contributed by atoms with Gasteiger partial charge in [-0.05, 0) is 48.4 Å². The van der Waals surface area contributed by atoms with Crippen molar-refractivity contribution in [3.63, 3.8) is 0 Å². The van der Waals surface area contributed by atoms with Crippen LogP contribution >= 0.6 is 0 Å². The molecule has 162 valence electrons. The predicted molar refractivity (Wildman–Crippen MR) is 124 cm³/mol. The number of benzene rings is 1. The van der Waals surface area contributed by atoms with Crippen LogP contribution in [0.3, 0.4) is 0 Å². The lowest BCUT2D eigenvalue weighted by Gasteiger charge is -2.13. The molecule has 9 heteroatoms. The van der Waals surface area contributed by atoms with Crippen molar-refractivity contribution in [2.24, 2.45) is 0 Å². The highest BCUT2D eigenvalue weighted by molar-refractivity contribution is 5.96. The zero-order valence-corrected chi connectivity index (χ0v) is 17.6. The summed E-state index contributed by atoms with van der Waals surface area (Å²) in [6.45, 7) is 2.07. The average Bonchev–Trinajstić information content (AvgIpc) is 3.60. The Morgan fingerprint density at radius 2 is 1.88 bits per heavy atom. The number of aromatic nitrogens is 6. The predicted octanol–water partition coefficient (Wildman–Crippen LogP) is 3.67. The van der Waals surface area contributed by atoms with E-state index in [1.54, 1.807) is 6.20 Å². The molecule has 2 aliphatic rings. The van der Waals surface area contributed by atoms with Gasteiger partial charge in [-0.15, -0.1) is 0 Å². The summed E-state index contributed by atoms with van der Waals surface area (Å²) in [4.78, 5) is 17.6. The zero-order chi connectivity index (χ0) is 21.8. The number of imidazole rings is 1. The van der Waals surface area contributed by atoms with Crippen LogP contribution in [0.1, 0.15) is 12.1 Å². The molecule has 5 aromatic rings. The molecular formula is C24H19N7O2. The Balaban J connectivity index is 1.35. The molecule has 6 heterocycles. The third-order valence-electron chi connectivity index (χ3n) is 6.10. The van der Waals surface area contributed by atoms with E-state index in [1.165, 1.54) is 5.57 Å². The second-order valence-electron chi connectivity index (χ2n) is 8.09. The summed E-state index contributed by atoms with van der Waals surface area (Å²) in [5.41, 5.74) is 8.09. The molecule has 2 aliphatic heterocycles. The third kappa shape index (κ3) is 2.97. The maximum Gasteiger partial charge on any atom is 0.231 e. The number of rotatable bonds is 3. The Morgan fingerprint density at radius 3 is 2.82 bits per heavy atom. The number of nitrogens with one attached hydrogen (secondary N) is 3. The molecule has 0 spiro atoms. The van der Waals surface area contributed by atoms with Crippen LogP contribution in [0.4, 0.5) is 0 Å². The van der Waals surface area contributed by atoms with Gasteiger partial charge in [0.25, 0.3) is 0 Å². The molecule has 1 aromatic carbocycles. The fourth-order valence-electron chi connectivity index (χ4n) is 4.42. The second-order valence-corrected chi connectivity index (χ2v) is 8.09. The molecule has 0 bridgehead atoms. The minimum Gasteiger partial charge on any atom is -0.454 e. The van der Waals surface area contributed by atoms with Gasteiger partial charge in [-0.25, -0.2) is 9.97 Å². The molecule has 0 saturated heterocycles. The van der Waals surface area contributed by atoms with Crippen LogP contribution in [0.15, 0.2) is 48.8 Å². The fourth-order valence-corrected chi connectivity index (χ4v) is 4.42. The first-order valence-electron chi connectivity index (χ1n) is 10.8. The quantitative estimate of drug-likeness (QED) is 0.395. The Labute approximate surface area is 187 Å². The van der Waals surface area contributed by atoms with Crippen LogP contribution in [-0.2, 0) is 0 Å². The summed E-state index contributed by atoms with van der Waals surface area (Å²) in [5, 5.41) is 11.0. The minimum atomic E-state index is 0.239. The van der Waals surface area contributed by atoms with Crippen LogP contribution in [0.5, 0.6) is 11.5 Å². The summed E-state index contributed by atoms with van der Waals surface area (Å²) >= 11 is 0. The first-order chi connectivity index (χ1) is 16.3. The van der Waals surface area contributed by atoms with E-state index in [9.17, 15) is 0 Å². The van der Waals surface area contributed by atoms with Gasteiger partial charge in [0.15, 0.2) is 23.0 Å². The minimum absolute atomic E-state index is 0.239. The largest absolute Gasteiger partial charge is 0.454 e. The standard InChI is InChI=1S/C24H19N7O2/c1-4-19-20(33-12-32-19)9-14(1)15-10-26-11-18-21(15)29-24(28-18)23-22-17(30-31-23)3-2-16(27-22)13-5-7-25-8-6-13/h1-5,9-11,25H,6-8,12H2,(H,28,29)(H,30,31). The zero-order valence-electron chi connectivity index (χ0n) is 17.6. The molecule has 9 nitrogen and oxygen atoms in total. The van der Waals surface area contributed by atoms with Gasteiger partial charge < -0.3 is 19.8 Å². The number of aromatic amines is 2. The van der Waals surface area contributed by atoms with Crippen LogP contribution in [0, 0.1) is 0 Å². The Kier molecular flexibility index (Phi) is 3.97. The monoisotopic (exact) mass is 437 g/mol.